The molecule has 0 unspecified atom stereocenters. The Labute approximate surface area is 115 Å². The lowest BCUT2D eigenvalue weighted by Gasteiger charge is -2.18. The van der Waals surface area contributed by atoms with Crippen LogP contribution in [0.1, 0.15) is 11.1 Å². The van der Waals surface area contributed by atoms with Crippen LogP contribution in [0.5, 0.6) is 0 Å². The van der Waals surface area contributed by atoms with E-state index in [-0.39, 0.29) is 5.82 Å². The van der Waals surface area contributed by atoms with Gasteiger partial charge in [0, 0.05) is 11.8 Å². The summed E-state index contributed by atoms with van der Waals surface area (Å²) in [5.41, 5.74) is 2.99. The van der Waals surface area contributed by atoms with Gasteiger partial charge in [0.25, 0.3) is 0 Å². The molecule has 19 heavy (non-hydrogen) atoms. The van der Waals surface area contributed by atoms with Gasteiger partial charge in [-0.25, -0.2) is 4.39 Å². The minimum atomic E-state index is -1.41. The van der Waals surface area contributed by atoms with E-state index in [2.05, 4.69) is 36.8 Å². The Balaban J connectivity index is 2.64. The average Bonchev–Trinajstić information content (AvgIpc) is 2.34. The van der Waals surface area contributed by atoms with E-state index in [9.17, 15) is 4.39 Å². The van der Waals surface area contributed by atoms with Crippen molar-refractivity contribution in [1.29, 1.82) is 0 Å². The fourth-order valence-corrected chi connectivity index (χ4v) is 3.27. The van der Waals surface area contributed by atoms with Crippen LogP contribution in [-0.2, 0) is 0 Å². The van der Waals surface area contributed by atoms with Crippen molar-refractivity contribution in [2.45, 2.75) is 33.5 Å². The molecule has 3 heteroatoms. The molecule has 0 fully saturated rings. The molecule has 0 spiro atoms. The van der Waals surface area contributed by atoms with Crippen molar-refractivity contribution in [2.75, 3.05) is 0 Å². The second-order valence-electron chi connectivity index (χ2n) is 6.07. The number of pyridine rings is 1. The highest BCUT2D eigenvalue weighted by Gasteiger charge is 2.19. The zero-order valence-electron chi connectivity index (χ0n) is 12.2. The van der Waals surface area contributed by atoms with E-state index in [4.69, 9.17) is 0 Å². The van der Waals surface area contributed by atoms with Gasteiger partial charge < -0.3 is 0 Å². The third kappa shape index (κ3) is 2.76. The number of hydrogen-bond donors (Lipinski definition) is 0. The van der Waals surface area contributed by atoms with Gasteiger partial charge in [0.2, 0.25) is 0 Å². The number of halogens is 1. The number of rotatable bonds is 2. The maximum Gasteiger partial charge on any atom is 0.135 e. The van der Waals surface area contributed by atoms with Crippen LogP contribution in [0.25, 0.3) is 11.3 Å². The Morgan fingerprint density at radius 3 is 2.26 bits per heavy atom. The summed E-state index contributed by atoms with van der Waals surface area (Å²) in [6.07, 6.45) is 1.80. The molecule has 0 N–H and O–H groups in total. The number of benzene rings is 1. The lowest BCUT2D eigenvalue weighted by Crippen LogP contribution is -2.37. The Bertz CT molecular complexity index is 615. The average molecular weight is 273 g/mol. The van der Waals surface area contributed by atoms with Gasteiger partial charge in [-0.3, -0.25) is 4.98 Å². The Kier molecular flexibility index (Phi) is 3.59. The fourth-order valence-electron chi connectivity index (χ4n) is 2.12. The lowest BCUT2D eigenvalue weighted by atomic mass is 10.0. The molecule has 2 aromatic rings. The first-order valence-corrected chi connectivity index (χ1v) is 10.0. The van der Waals surface area contributed by atoms with Crippen molar-refractivity contribution in [2.24, 2.45) is 0 Å². The van der Waals surface area contributed by atoms with Gasteiger partial charge in [0.15, 0.2) is 0 Å². The molecule has 0 bridgehead atoms. The van der Waals surface area contributed by atoms with E-state index in [0.29, 0.717) is 11.1 Å². The zero-order chi connectivity index (χ0) is 14.2. The topological polar surface area (TPSA) is 12.9 Å². The predicted octanol–water partition coefficient (Wildman–Crippen LogP) is 4.05. The molecule has 1 heterocycles. The number of aryl methyl sites for hydroxylation is 2. The highest BCUT2D eigenvalue weighted by molar-refractivity contribution is 6.88. The highest BCUT2D eigenvalue weighted by atomic mass is 28.3. The minimum Gasteiger partial charge on any atom is -0.256 e. The Morgan fingerprint density at radius 2 is 1.63 bits per heavy atom. The molecule has 0 saturated carbocycles. The van der Waals surface area contributed by atoms with E-state index >= 15 is 0 Å². The Hall–Kier alpha value is -1.48. The molecule has 1 nitrogen and oxygen atoms in total. The molecule has 1 aromatic heterocycles. The largest absolute Gasteiger partial charge is 0.256 e. The van der Waals surface area contributed by atoms with Crippen molar-refractivity contribution in [3.63, 3.8) is 0 Å². The quantitative estimate of drug-likeness (QED) is 0.752. The summed E-state index contributed by atoms with van der Waals surface area (Å²) in [6.45, 7) is 10.6. The van der Waals surface area contributed by atoms with Gasteiger partial charge in [-0.1, -0.05) is 37.0 Å². The number of nitrogens with zero attached hydrogens (tertiary/aromatic N) is 1. The molecular formula is C16H20FNSi. The molecule has 0 radical (unpaired) electrons. The number of hydrogen-bond acceptors (Lipinski definition) is 1. The van der Waals surface area contributed by atoms with Crippen molar-refractivity contribution in [3.8, 4) is 11.3 Å². The monoisotopic (exact) mass is 273 g/mol. The van der Waals surface area contributed by atoms with Crippen LogP contribution in [0.2, 0.25) is 19.6 Å². The van der Waals surface area contributed by atoms with E-state index in [0.717, 1.165) is 11.3 Å². The van der Waals surface area contributed by atoms with Crippen LogP contribution in [-0.4, -0.2) is 13.1 Å². The summed E-state index contributed by atoms with van der Waals surface area (Å²) in [7, 11) is -1.41. The van der Waals surface area contributed by atoms with Crippen LogP contribution < -0.4 is 5.19 Å². The summed E-state index contributed by atoms with van der Waals surface area (Å²) >= 11 is 0. The van der Waals surface area contributed by atoms with Crippen LogP contribution in [0, 0.1) is 19.7 Å². The first-order valence-electron chi connectivity index (χ1n) is 6.53. The summed E-state index contributed by atoms with van der Waals surface area (Å²) in [4.78, 5) is 4.37. The third-order valence-corrected chi connectivity index (χ3v) is 5.47. The minimum absolute atomic E-state index is 0.153. The normalized spacial score (nSPS) is 11.7. The SMILES string of the molecule is Cc1ccc(C)c(-c2cc([Si](C)(C)C)ccn2)c1F. The first-order chi connectivity index (χ1) is 8.80. The predicted molar refractivity (Wildman–Crippen MR) is 82.1 cm³/mol. The maximum absolute atomic E-state index is 14.3. The summed E-state index contributed by atoms with van der Waals surface area (Å²) in [6, 6.07) is 7.88. The standard InChI is InChI=1S/C16H20FNSi/c1-11-6-7-12(2)16(17)15(11)14-10-13(8-9-18-14)19(3,4)5/h6-10H,1-5H3. The Morgan fingerprint density at radius 1 is 1.00 bits per heavy atom. The van der Waals surface area contributed by atoms with Crippen LogP contribution in [0.4, 0.5) is 4.39 Å². The molecule has 0 aliphatic rings. The summed E-state index contributed by atoms with van der Waals surface area (Å²) < 4.78 is 14.3. The molecule has 100 valence electrons. The van der Waals surface area contributed by atoms with Crippen molar-refractivity contribution >= 4 is 13.3 Å². The molecule has 2 rings (SSSR count). The highest BCUT2D eigenvalue weighted by Crippen LogP contribution is 2.26. The van der Waals surface area contributed by atoms with E-state index < -0.39 is 8.07 Å². The fraction of sp³-hybridized carbons (Fsp3) is 0.312. The number of aromatic nitrogens is 1. The van der Waals surface area contributed by atoms with Gasteiger partial charge in [-0.05, 0) is 37.1 Å². The molecule has 0 amide bonds. The van der Waals surface area contributed by atoms with E-state index in [1.54, 1.807) is 13.1 Å². The maximum atomic E-state index is 14.3. The summed E-state index contributed by atoms with van der Waals surface area (Å²) in [5.74, 6) is -0.153. The smallest absolute Gasteiger partial charge is 0.135 e. The molecule has 0 aliphatic heterocycles. The summed E-state index contributed by atoms with van der Waals surface area (Å²) in [5, 5.41) is 1.30. The van der Waals surface area contributed by atoms with Gasteiger partial charge in [0.05, 0.1) is 13.8 Å². The van der Waals surface area contributed by atoms with Gasteiger partial charge in [-0.15, -0.1) is 0 Å². The van der Waals surface area contributed by atoms with Gasteiger partial charge >= 0.3 is 0 Å². The van der Waals surface area contributed by atoms with Gasteiger partial charge in [0.1, 0.15) is 5.82 Å². The van der Waals surface area contributed by atoms with Gasteiger partial charge in [-0.2, -0.15) is 0 Å². The first kappa shape index (κ1) is 13.9. The molecular weight excluding hydrogens is 253 g/mol. The molecule has 1 aromatic carbocycles. The molecule has 0 aliphatic carbocycles. The van der Waals surface area contributed by atoms with E-state index in [1.807, 2.05) is 19.1 Å². The lowest BCUT2D eigenvalue weighted by molar-refractivity contribution is 0.620. The second-order valence-corrected chi connectivity index (χ2v) is 11.1. The molecule has 0 saturated heterocycles. The second kappa shape index (κ2) is 4.89. The van der Waals surface area contributed by atoms with Crippen LogP contribution in [0.15, 0.2) is 30.5 Å². The third-order valence-electron chi connectivity index (χ3n) is 3.43. The molecule has 0 atom stereocenters. The van der Waals surface area contributed by atoms with Crippen LogP contribution >= 0.6 is 0 Å². The van der Waals surface area contributed by atoms with Crippen molar-refractivity contribution in [3.05, 3.63) is 47.4 Å². The van der Waals surface area contributed by atoms with Crippen molar-refractivity contribution in [1.82, 2.24) is 4.98 Å². The van der Waals surface area contributed by atoms with E-state index in [1.165, 1.54) is 5.19 Å². The van der Waals surface area contributed by atoms with Crippen molar-refractivity contribution < 1.29 is 4.39 Å². The van der Waals surface area contributed by atoms with Crippen LogP contribution in [0.3, 0.4) is 0 Å². The zero-order valence-corrected chi connectivity index (χ0v) is 13.2.